The van der Waals surface area contributed by atoms with Crippen LogP contribution in [0.4, 0.5) is 0 Å². The largest absolute Gasteiger partial charge is 0.294 e. The van der Waals surface area contributed by atoms with Crippen LogP contribution in [0, 0.1) is 34.5 Å². The third kappa shape index (κ3) is 1.53. The molecule has 0 aromatic carbocycles. The van der Waals surface area contributed by atoms with Crippen LogP contribution in [0.3, 0.4) is 0 Å². The molecule has 0 radical (unpaired) electrons. The van der Waals surface area contributed by atoms with E-state index in [9.17, 15) is 4.79 Å². The highest BCUT2D eigenvalue weighted by molar-refractivity contribution is 5.97. The van der Waals surface area contributed by atoms with E-state index in [4.69, 9.17) is 0 Å². The smallest absolute Gasteiger partial charge is 0.161 e. The van der Waals surface area contributed by atoms with Gasteiger partial charge < -0.3 is 0 Å². The minimum absolute atomic E-state index is 0.0426. The quantitative estimate of drug-likeness (QED) is 0.621. The molecule has 0 bridgehead atoms. The SMILES string of the molecule is C[C@]12CCCCC1CC[C@H]1[C@H]3C=CC(=O)[C@@]3(C)CC[C@@H]12. The van der Waals surface area contributed by atoms with E-state index in [1.165, 1.54) is 44.9 Å². The zero-order valence-electron chi connectivity index (χ0n) is 13.0. The number of allylic oxidation sites excluding steroid dienone is 2. The minimum Gasteiger partial charge on any atom is -0.294 e. The maximum absolute atomic E-state index is 12.3. The summed E-state index contributed by atoms with van der Waals surface area (Å²) >= 11 is 0. The monoisotopic (exact) mass is 272 g/mol. The van der Waals surface area contributed by atoms with Crippen molar-refractivity contribution in [2.75, 3.05) is 0 Å². The fraction of sp³-hybridized carbons (Fsp3) is 0.842. The van der Waals surface area contributed by atoms with E-state index in [0.29, 0.717) is 17.1 Å². The summed E-state index contributed by atoms with van der Waals surface area (Å²) in [5, 5.41) is 0. The van der Waals surface area contributed by atoms with Crippen LogP contribution in [-0.2, 0) is 4.79 Å². The number of carbonyl (C=O) groups excluding carboxylic acids is 1. The molecule has 4 aliphatic carbocycles. The molecule has 0 aliphatic heterocycles. The van der Waals surface area contributed by atoms with Crippen LogP contribution in [0.5, 0.6) is 0 Å². The van der Waals surface area contributed by atoms with Gasteiger partial charge in [0.05, 0.1) is 0 Å². The Morgan fingerprint density at radius 2 is 1.90 bits per heavy atom. The Balaban J connectivity index is 1.68. The molecular formula is C19H28O. The van der Waals surface area contributed by atoms with Gasteiger partial charge in [0.1, 0.15) is 0 Å². The fourth-order valence-corrected chi connectivity index (χ4v) is 6.57. The van der Waals surface area contributed by atoms with Crippen molar-refractivity contribution < 1.29 is 4.79 Å². The summed E-state index contributed by atoms with van der Waals surface area (Å²) < 4.78 is 0. The number of rotatable bonds is 0. The second-order valence-electron chi connectivity index (χ2n) is 8.50. The lowest BCUT2D eigenvalue weighted by Gasteiger charge is -2.59. The number of hydrogen-bond donors (Lipinski definition) is 0. The van der Waals surface area contributed by atoms with Crippen molar-refractivity contribution in [3.05, 3.63) is 12.2 Å². The molecule has 20 heavy (non-hydrogen) atoms. The van der Waals surface area contributed by atoms with Gasteiger partial charge >= 0.3 is 0 Å². The maximum Gasteiger partial charge on any atom is 0.161 e. The Bertz CT molecular complexity index is 464. The maximum atomic E-state index is 12.3. The van der Waals surface area contributed by atoms with Crippen LogP contribution in [-0.4, -0.2) is 5.78 Å². The second kappa shape index (κ2) is 4.21. The summed E-state index contributed by atoms with van der Waals surface area (Å²) in [7, 11) is 0. The Morgan fingerprint density at radius 1 is 1.05 bits per heavy atom. The molecule has 3 saturated carbocycles. The molecule has 0 amide bonds. The molecule has 0 N–H and O–H groups in total. The first-order valence-electron chi connectivity index (χ1n) is 8.78. The highest BCUT2D eigenvalue weighted by Gasteiger charge is 2.58. The van der Waals surface area contributed by atoms with Crippen LogP contribution < -0.4 is 0 Å². The zero-order chi connectivity index (χ0) is 14.0. The molecule has 3 fully saturated rings. The van der Waals surface area contributed by atoms with Gasteiger partial charge in [-0.15, -0.1) is 0 Å². The summed E-state index contributed by atoms with van der Waals surface area (Å²) in [4.78, 5) is 12.3. The average molecular weight is 272 g/mol. The summed E-state index contributed by atoms with van der Waals surface area (Å²) in [6, 6.07) is 0. The van der Waals surface area contributed by atoms with Crippen molar-refractivity contribution >= 4 is 5.78 Å². The third-order valence-corrected chi connectivity index (χ3v) is 7.85. The van der Waals surface area contributed by atoms with Crippen molar-refractivity contribution in [3.8, 4) is 0 Å². The molecule has 1 unspecified atom stereocenters. The number of carbonyl (C=O) groups is 1. The number of ketones is 1. The van der Waals surface area contributed by atoms with Crippen LogP contribution in [0.15, 0.2) is 12.2 Å². The van der Waals surface area contributed by atoms with Crippen molar-refractivity contribution in [2.45, 2.75) is 65.2 Å². The highest BCUT2D eigenvalue weighted by atomic mass is 16.1. The molecule has 4 rings (SSSR count). The minimum atomic E-state index is -0.0426. The molecule has 4 aliphatic rings. The Labute approximate surface area is 123 Å². The van der Waals surface area contributed by atoms with Gasteiger partial charge in [0, 0.05) is 5.41 Å². The van der Waals surface area contributed by atoms with Crippen LogP contribution in [0.1, 0.15) is 65.2 Å². The summed E-state index contributed by atoms with van der Waals surface area (Å²) in [5.74, 6) is 3.61. The molecule has 0 aromatic rings. The second-order valence-corrected chi connectivity index (χ2v) is 8.50. The number of fused-ring (bicyclic) bond motifs is 5. The van der Waals surface area contributed by atoms with Crippen molar-refractivity contribution in [1.82, 2.24) is 0 Å². The van der Waals surface area contributed by atoms with Gasteiger partial charge in [-0.3, -0.25) is 4.79 Å². The molecule has 0 spiro atoms. The molecular weight excluding hydrogens is 244 g/mol. The molecule has 0 heterocycles. The Kier molecular flexibility index (Phi) is 2.76. The van der Waals surface area contributed by atoms with Gasteiger partial charge in [-0.1, -0.05) is 32.8 Å². The molecule has 6 atom stereocenters. The van der Waals surface area contributed by atoms with Gasteiger partial charge in [0.25, 0.3) is 0 Å². The summed E-state index contributed by atoms with van der Waals surface area (Å²) in [6.07, 6.45) is 15.2. The Hall–Kier alpha value is -0.590. The van der Waals surface area contributed by atoms with Crippen LogP contribution in [0.2, 0.25) is 0 Å². The molecule has 0 saturated heterocycles. The predicted octanol–water partition coefficient (Wildman–Crippen LogP) is 4.76. The molecule has 1 heteroatoms. The lowest BCUT2D eigenvalue weighted by molar-refractivity contribution is -0.136. The highest BCUT2D eigenvalue weighted by Crippen LogP contribution is 2.64. The van der Waals surface area contributed by atoms with Crippen molar-refractivity contribution in [2.24, 2.45) is 34.5 Å². The summed E-state index contributed by atoms with van der Waals surface area (Å²) in [5.41, 5.74) is 0.543. The first-order valence-corrected chi connectivity index (χ1v) is 8.78. The topological polar surface area (TPSA) is 17.1 Å². The van der Waals surface area contributed by atoms with E-state index in [2.05, 4.69) is 19.9 Å². The molecule has 1 nitrogen and oxygen atoms in total. The van der Waals surface area contributed by atoms with E-state index >= 15 is 0 Å². The van der Waals surface area contributed by atoms with Gasteiger partial charge in [0.2, 0.25) is 0 Å². The predicted molar refractivity (Wildman–Crippen MR) is 81.3 cm³/mol. The first-order chi connectivity index (χ1) is 9.56. The van der Waals surface area contributed by atoms with Gasteiger partial charge in [0.15, 0.2) is 5.78 Å². The number of hydrogen-bond acceptors (Lipinski definition) is 1. The van der Waals surface area contributed by atoms with E-state index in [1.807, 2.05) is 6.08 Å². The fourth-order valence-electron chi connectivity index (χ4n) is 6.57. The normalized spacial score (nSPS) is 54.2. The van der Waals surface area contributed by atoms with Gasteiger partial charge in [-0.25, -0.2) is 0 Å². The zero-order valence-corrected chi connectivity index (χ0v) is 13.0. The van der Waals surface area contributed by atoms with E-state index < -0.39 is 0 Å². The summed E-state index contributed by atoms with van der Waals surface area (Å²) in [6.45, 7) is 4.84. The van der Waals surface area contributed by atoms with Crippen LogP contribution in [0.25, 0.3) is 0 Å². The van der Waals surface area contributed by atoms with Crippen molar-refractivity contribution in [3.63, 3.8) is 0 Å². The van der Waals surface area contributed by atoms with E-state index in [1.54, 1.807) is 0 Å². The van der Waals surface area contributed by atoms with Crippen LogP contribution >= 0.6 is 0 Å². The standard InChI is InChI=1S/C19H28O/c1-18-11-4-3-5-13(18)6-7-14-15-8-9-17(20)19(15,2)12-10-16(14)18/h8-9,13-16H,3-7,10-12H2,1-2H3/t13?,14-,15+,16-,18-,19-/m0/s1. The van der Waals surface area contributed by atoms with E-state index in [0.717, 1.165) is 24.2 Å². The Morgan fingerprint density at radius 3 is 2.75 bits per heavy atom. The van der Waals surface area contributed by atoms with Gasteiger partial charge in [-0.2, -0.15) is 0 Å². The van der Waals surface area contributed by atoms with Gasteiger partial charge in [-0.05, 0) is 73.7 Å². The van der Waals surface area contributed by atoms with Crippen molar-refractivity contribution in [1.29, 1.82) is 0 Å². The third-order valence-electron chi connectivity index (χ3n) is 7.85. The molecule has 0 aromatic heterocycles. The molecule has 110 valence electrons. The van der Waals surface area contributed by atoms with E-state index in [-0.39, 0.29) is 5.41 Å². The lowest BCUT2D eigenvalue weighted by atomic mass is 9.45. The average Bonchev–Trinajstić information content (AvgIpc) is 2.74. The first kappa shape index (κ1) is 13.1. The lowest BCUT2D eigenvalue weighted by Crippen LogP contribution is -2.52.